The minimum Gasteiger partial charge on any atom is -0.417 e. The van der Waals surface area contributed by atoms with Crippen LogP contribution in [0, 0.1) is 5.92 Å². The molecule has 5 atom stereocenters. The molecule has 12 heteroatoms. The van der Waals surface area contributed by atoms with E-state index in [1.807, 2.05) is 43.0 Å². The Morgan fingerprint density at radius 1 is 0.936 bits per heavy atom. The van der Waals surface area contributed by atoms with Crippen LogP contribution in [-0.4, -0.2) is 89.1 Å². The molecule has 1 aromatic heterocycles. The molecule has 2 fully saturated rings. The molecule has 0 spiro atoms. The third-order valence-corrected chi connectivity index (χ3v) is 9.56. The van der Waals surface area contributed by atoms with Crippen molar-refractivity contribution in [3.8, 4) is 0 Å². The molecular weight excluding hydrogens is 602 g/mol. The first-order valence-corrected chi connectivity index (χ1v) is 16.9. The van der Waals surface area contributed by atoms with E-state index in [0.717, 1.165) is 29.3 Å². The number of para-hydroxylation sites is 1. The summed E-state index contributed by atoms with van der Waals surface area (Å²) in [6.07, 6.45) is 5.94. The lowest BCUT2D eigenvalue weighted by Gasteiger charge is -2.36. The normalized spacial score (nSPS) is 23.7. The van der Waals surface area contributed by atoms with E-state index < -0.39 is 47.5 Å². The summed E-state index contributed by atoms with van der Waals surface area (Å²) in [5, 5.41) is 9.64. The van der Waals surface area contributed by atoms with E-state index in [1.54, 1.807) is 25.0 Å². The highest BCUT2D eigenvalue weighted by Crippen LogP contribution is 2.23. The number of amides is 3. The van der Waals surface area contributed by atoms with Gasteiger partial charge >= 0.3 is 0 Å². The van der Waals surface area contributed by atoms with Crippen LogP contribution in [0.5, 0.6) is 0 Å². The topological polar surface area (TPSA) is 156 Å². The first-order valence-electron chi connectivity index (χ1n) is 16.9. The third-order valence-electron chi connectivity index (χ3n) is 9.56. The van der Waals surface area contributed by atoms with Crippen LogP contribution in [0.25, 0.3) is 10.9 Å². The van der Waals surface area contributed by atoms with Crippen LogP contribution in [0.15, 0.2) is 30.5 Å². The second-order valence-corrected chi connectivity index (χ2v) is 12.8. The Morgan fingerprint density at radius 3 is 2.38 bits per heavy atom. The Kier molecular flexibility index (Phi) is 12.7. The maximum Gasteiger partial charge on any atom is 0.243 e. The molecule has 12 nitrogen and oxygen atoms in total. The van der Waals surface area contributed by atoms with Crippen molar-refractivity contribution in [3.63, 3.8) is 0 Å². The van der Waals surface area contributed by atoms with E-state index in [4.69, 9.17) is 4.84 Å². The van der Waals surface area contributed by atoms with Crippen LogP contribution in [-0.2, 0) is 35.2 Å². The summed E-state index contributed by atoms with van der Waals surface area (Å²) >= 11 is 0. The number of unbranched alkanes of at least 4 members (excludes halogenated alkanes) is 1. The average Bonchev–Trinajstić information content (AvgIpc) is 3.44. The Balaban J connectivity index is 1.67. The second-order valence-electron chi connectivity index (χ2n) is 12.8. The van der Waals surface area contributed by atoms with Gasteiger partial charge in [-0.15, -0.1) is 0 Å². The van der Waals surface area contributed by atoms with Crippen molar-refractivity contribution in [1.29, 1.82) is 0 Å². The molecule has 0 bridgehead atoms. The minimum atomic E-state index is -1.07. The molecule has 4 rings (SSSR count). The van der Waals surface area contributed by atoms with Crippen LogP contribution in [0.3, 0.4) is 0 Å². The van der Waals surface area contributed by atoms with Crippen molar-refractivity contribution >= 4 is 46.0 Å². The maximum atomic E-state index is 14.0. The number of Topliss-reactive ketones (excluding diaryl/α,β-unsaturated/α-hetero) is 3. The number of aromatic nitrogens is 1. The van der Waals surface area contributed by atoms with Gasteiger partial charge in [0.1, 0.15) is 19.2 Å². The van der Waals surface area contributed by atoms with Crippen LogP contribution >= 0.6 is 0 Å². The molecule has 3 amide bonds. The van der Waals surface area contributed by atoms with E-state index in [0.29, 0.717) is 32.2 Å². The number of ketones is 3. The number of carbonyl (C=O) groups is 6. The van der Waals surface area contributed by atoms with Gasteiger partial charge in [-0.05, 0) is 49.8 Å². The summed E-state index contributed by atoms with van der Waals surface area (Å²) in [7, 11) is 1.54. The highest BCUT2D eigenvalue weighted by atomic mass is 16.6. The lowest BCUT2D eigenvalue weighted by Crippen LogP contribution is -2.57. The predicted molar refractivity (Wildman–Crippen MR) is 176 cm³/mol. The van der Waals surface area contributed by atoms with Gasteiger partial charge in [0.05, 0.1) is 24.1 Å². The van der Waals surface area contributed by atoms with Crippen molar-refractivity contribution < 1.29 is 33.6 Å². The van der Waals surface area contributed by atoms with Gasteiger partial charge in [0.25, 0.3) is 0 Å². The van der Waals surface area contributed by atoms with Gasteiger partial charge in [-0.1, -0.05) is 58.2 Å². The van der Waals surface area contributed by atoms with Gasteiger partial charge in [0.15, 0.2) is 17.3 Å². The number of hydrogen-bond donors (Lipinski definition) is 3. The molecule has 2 aromatic rings. The molecule has 256 valence electrons. The van der Waals surface area contributed by atoms with Gasteiger partial charge < -0.3 is 20.8 Å². The van der Waals surface area contributed by atoms with Crippen LogP contribution in [0.2, 0.25) is 0 Å². The lowest BCUT2D eigenvalue weighted by molar-refractivity contribution is -0.136. The van der Waals surface area contributed by atoms with E-state index in [2.05, 4.69) is 16.0 Å². The molecule has 47 heavy (non-hydrogen) atoms. The van der Waals surface area contributed by atoms with Crippen LogP contribution in [0.1, 0.15) is 84.1 Å². The maximum absolute atomic E-state index is 14.0. The summed E-state index contributed by atoms with van der Waals surface area (Å²) in [5.41, 5.74) is 1.56. The molecular formula is C35H49N5O7. The largest absolute Gasteiger partial charge is 0.417 e. The zero-order valence-electron chi connectivity index (χ0n) is 28.0. The fourth-order valence-corrected chi connectivity index (χ4v) is 6.55. The first-order chi connectivity index (χ1) is 22.6. The first kappa shape index (κ1) is 35.8. The summed E-state index contributed by atoms with van der Waals surface area (Å²) in [6, 6.07) is 4.13. The van der Waals surface area contributed by atoms with Gasteiger partial charge in [0.2, 0.25) is 17.7 Å². The second kappa shape index (κ2) is 16.7. The fourth-order valence-electron chi connectivity index (χ4n) is 6.55. The Labute approximate surface area is 276 Å². The number of fused-ring (bicyclic) bond motifs is 2. The number of benzene rings is 1. The zero-order valence-corrected chi connectivity index (χ0v) is 28.0. The summed E-state index contributed by atoms with van der Waals surface area (Å²) in [6.45, 7) is 6.08. The molecule has 3 heterocycles. The SMILES string of the molecule is CCC(=O)C(=O)CCCC[C@@H]1NC(=O)[C@H]2CCCCN2CC(=O)[C@H]([C@@H](C)CC)NC(=O)[C@H](Cc2cn(OC)c3ccccc23)NC1=O. The average molecular weight is 652 g/mol. The Bertz CT molecular complexity index is 1470. The van der Waals surface area contributed by atoms with Crippen molar-refractivity contribution in [2.24, 2.45) is 5.92 Å². The van der Waals surface area contributed by atoms with E-state index in [9.17, 15) is 28.8 Å². The van der Waals surface area contributed by atoms with Gasteiger partial charge in [-0.3, -0.25) is 33.7 Å². The number of rotatable bonds is 12. The molecule has 3 N–H and O–H groups in total. The minimum absolute atomic E-state index is 0.0129. The van der Waals surface area contributed by atoms with Gasteiger partial charge in [-0.25, -0.2) is 0 Å². The molecule has 0 unspecified atom stereocenters. The smallest absolute Gasteiger partial charge is 0.243 e. The number of piperidine rings is 1. The van der Waals surface area contributed by atoms with Crippen LogP contribution in [0.4, 0.5) is 0 Å². The quantitative estimate of drug-likeness (QED) is 0.233. The summed E-state index contributed by atoms with van der Waals surface area (Å²) in [5.74, 6) is -2.57. The number of hydrogen-bond acceptors (Lipinski definition) is 8. The molecule has 2 aliphatic rings. The lowest BCUT2D eigenvalue weighted by atomic mass is 9.93. The number of carbonyl (C=O) groups excluding carboxylic acids is 6. The highest BCUT2D eigenvalue weighted by molar-refractivity contribution is 6.37. The van der Waals surface area contributed by atoms with E-state index >= 15 is 0 Å². The van der Waals surface area contributed by atoms with Crippen molar-refractivity contribution in [1.82, 2.24) is 25.6 Å². The Hall–Kier alpha value is -4.06. The molecule has 2 saturated heterocycles. The molecule has 0 aliphatic carbocycles. The molecule has 1 aromatic carbocycles. The number of nitrogens with zero attached hydrogens (tertiary/aromatic N) is 2. The van der Waals surface area contributed by atoms with Crippen molar-refractivity contribution in [2.75, 3.05) is 20.2 Å². The Morgan fingerprint density at radius 2 is 1.66 bits per heavy atom. The van der Waals surface area contributed by atoms with Crippen LogP contribution < -0.4 is 20.8 Å². The molecule has 2 aliphatic heterocycles. The molecule has 0 radical (unpaired) electrons. The third kappa shape index (κ3) is 8.85. The zero-order chi connectivity index (χ0) is 34.1. The summed E-state index contributed by atoms with van der Waals surface area (Å²) in [4.78, 5) is 86.8. The van der Waals surface area contributed by atoms with E-state index in [1.165, 1.54) is 0 Å². The fraction of sp³-hybridized carbons (Fsp3) is 0.600. The number of nitrogens with one attached hydrogen (secondary N) is 3. The highest BCUT2D eigenvalue weighted by Gasteiger charge is 2.37. The molecule has 0 saturated carbocycles. The predicted octanol–water partition coefficient (Wildman–Crippen LogP) is 2.29. The van der Waals surface area contributed by atoms with Gasteiger partial charge in [-0.2, -0.15) is 4.73 Å². The summed E-state index contributed by atoms with van der Waals surface area (Å²) < 4.78 is 1.60. The monoisotopic (exact) mass is 651 g/mol. The van der Waals surface area contributed by atoms with Crippen molar-refractivity contribution in [3.05, 3.63) is 36.0 Å². The van der Waals surface area contributed by atoms with Gasteiger partial charge in [0, 0.05) is 30.8 Å². The van der Waals surface area contributed by atoms with E-state index in [-0.39, 0.29) is 49.8 Å². The van der Waals surface area contributed by atoms with Crippen molar-refractivity contribution in [2.45, 2.75) is 109 Å². The standard InChI is InChI=1S/C35H49N5O7/c1-5-22(3)32-31(43)21-39-18-12-11-16-28(39)35(46)36-25(14-8-10-17-30(42)29(41)6-2)33(44)37-26(34(45)38-32)19-23-20-40(47-4)27-15-9-7-13-24(23)27/h7,9,13,15,20,22,25-26,28,32H,5-6,8,10-12,14,16-19,21H2,1-4H3,(H,36,46)(H,37,44)(H,38,45)/t22-,25-,26-,28+,32-/m0/s1.